The van der Waals surface area contributed by atoms with Crippen molar-refractivity contribution in [1.29, 1.82) is 0 Å². The first-order valence-electron chi connectivity index (χ1n) is 6.20. The minimum atomic E-state index is -3.75. The van der Waals surface area contributed by atoms with E-state index in [9.17, 15) is 22.6 Å². The van der Waals surface area contributed by atoms with Gasteiger partial charge in [0, 0.05) is 0 Å². The smallest absolute Gasteiger partial charge is 0.187 e. The number of phenols is 1. The predicted octanol–water partition coefficient (Wildman–Crippen LogP) is 3.03. The van der Waals surface area contributed by atoms with Crippen LogP contribution in [0.15, 0.2) is 58.3 Å². The van der Waals surface area contributed by atoms with Crippen molar-refractivity contribution in [3.63, 3.8) is 0 Å². The Balaban J connectivity index is 2.16. The van der Waals surface area contributed by atoms with Crippen LogP contribution >= 0.6 is 10.6 Å². The molecule has 0 aromatic heterocycles. The van der Waals surface area contributed by atoms with Gasteiger partial charge in [-0.15, -0.1) is 0 Å². The highest BCUT2D eigenvalue weighted by Gasteiger charge is 2.43. The number of fused-ring (bicyclic) bond motifs is 1. The fraction of sp³-hybridized carbons (Fsp3) is 0.143. The summed E-state index contributed by atoms with van der Waals surface area (Å²) in [7, 11) is -6.90. The van der Waals surface area contributed by atoms with Crippen molar-refractivity contribution in [1.82, 2.24) is 0 Å². The molecule has 3 rings (SSSR count). The summed E-state index contributed by atoms with van der Waals surface area (Å²) in [5.74, 6) is -0.373. The first kappa shape index (κ1) is 14.4. The van der Waals surface area contributed by atoms with Gasteiger partial charge in [0.1, 0.15) is 11.0 Å². The minimum Gasteiger partial charge on any atom is -0.508 e. The lowest BCUT2D eigenvalue weighted by Crippen LogP contribution is -2.15. The van der Waals surface area contributed by atoms with Gasteiger partial charge in [0.25, 0.3) is 0 Å². The monoisotopic (exact) mass is 326 g/mol. The second-order valence-corrected chi connectivity index (χ2v) is 9.14. The molecule has 1 unspecified atom stereocenters. The Hall–Kier alpha value is -1.54. The lowest BCUT2D eigenvalue weighted by atomic mass is 10.1. The van der Waals surface area contributed by atoms with E-state index in [0.29, 0.717) is 0 Å². The first-order valence-corrected chi connectivity index (χ1v) is 9.46. The van der Waals surface area contributed by atoms with Crippen LogP contribution in [-0.4, -0.2) is 28.4 Å². The molecule has 1 aliphatic heterocycles. The number of aromatic hydroxyl groups is 1. The van der Waals surface area contributed by atoms with Gasteiger partial charge in [-0.25, -0.2) is 8.42 Å². The number of sulfone groups is 1. The molecule has 0 amide bonds. The van der Waals surface area contributed by atoms with Crippen LogP contribution in [0.2, 0.25) is 0 Å². The van der Waals surface area contributed by atoms with Crippen LogP contribution < -0.4 is 0 Å². The number of phenolic OH excluding ortho intramolecular Hbond substituents is 1. The van der Waals surface area contributed by atoms with Crippen molar-refractivity contribution in [3.05, 3.63) is 54.1 Å². The normalized spacial score (nSPS) is 21.7. The summed E-state index contributed by atoms with van der Waals surface area (Å²) in [5.41, 5.74) is 0.263. The zero-order valence-electron chi connectivity index (χ0n) is 10.9. The van der Waals surface area contributed by atoms with Gasteiger partial charge in [0.05, 0.1) is 15.5 Å². The van der Waals surface area contributed by atoms with Crippen LogP contribution in [0.25, 0.3) is 0 Å². The molecular formula is C14H14O5S2. The molecular weight excluding hydrogens is 312 g/mol. The van der Waals surface area contributed by atoms with Crippen LogP contribution in [0, 0.1) is 0 Å². The van der Waals surface area contributed by atoms with Gasteiger partial charge in [-0.1, -0.05) is 18.2 Å². The Labute approximate surface area is 124 Å². The van der Waals surface area contributed by atoms with Crippen LogP contribution in [0.5, 0.6) is 5.75 Å². The Kier molecular flexibility index (Phi) is 3.25. The van der Waals surface area contributed by atoms with E-state index < -0.39 is 25.7 Å². The minimum absolute atomic E-state index is 0.0980. The van der Waals surface area contributed by atoms with E-state index in [2.05, 4.69) is 0 Å². The van der Waals surface area contributed by atoms with Gasteiger partial charge in [0.15, 0.2) is 9.84 Å². The average Bonchev–Trinajstić information content (AvgIpc) is 2.71. The van der Waals surface area contributed by atoms with E-state index >= 15 is 0 Å². The summed E-state index contributed by atoms with van der Waals surface area (Å²) >= 11 is 0. The lowest BCUT2D eigenvalue weighted by Gasteiger charge is -2.27. The third kappa shape index (κ3) is 2.32. The van der Waals surface area contributed by atoms with Gasteiger partial charge in [-0.2, -0.15) is 10.6 Å². The van der Waals surface area contributed by atoms with Crippen molar-refractivity contribution < 1.29 is 22.6 Å². The Bertz CT molecular complexity index is 784. The summed E-state index contributed by atoms with van der Waals surface area (Å²) in [4.78, 5) is 0.325. The molecule has 0 saturated heterocycles. The molecule has 3 N–H and O–H groups in total. The topological polar surface area (TPSA) is 94.8 Å². The maximum Gasteiger partial charge on any atom is 0.187 e. The third-order valence-corrected chi connectivity index (χ3v) is 7.71. The number of hydrogen-bond donors (Lipinski definition) is 3. The standard InChI is InChI=1S/C14H14O5S2/c15-10-6-7-13-12(8-10)14(9-20(13,16)17)21(18,19)11-4-2-1-3-5-11/h1-8,14-17H,9H2. The van der Waals surface area contributed by atoms with Gasteiger partial charge >= 0.3 is 0 Å². The number of benzene rings is 2. The highest BCUT2D eigenvalue weighted by atomic mass is 32.3. The Morgan fingerprint density at radius 2 is 1.71 bits per heavy atom. The Morgan fingerprint density at radius 3 is 2.38 bits per heavy atom. The molecule has 0 fully saturated rings. The summed E-state index contributed by atoms with van der Waals surface area (Å²) in [5, 5.41) is 8.51. The molecule has 21 heavy (non-hydrogen) atoms. The molecule has 1 atom stereocenters. The van der Waals surface area contributed by atoms with Gasteiger partial charge < -0.3 is 5.11 Å². The second kappa shape index (κ2) is 4.74. The SMILES string of the molecule is O=S(=O)(c1ccccc1)C1CS(O)(O)c2ccc(O)cc21. The number of rotatable bonds is 2. The van der Waals surface area contributed by atoms with Gasteiger partial charge in [-0.05, 0) is 35.9 Å². The van der Waals surface area contributed by atoms with Crippen molar-refractivity contribution in [3.8, 4) is 5.75 Å². The fourth-order valence-electron chi connectivity index (χ4n) is 2.51. The molecule has 0 radical (unpaired) electrons. The fourth-order valence-corrected chi connectivity index (χ4v) is 6.91. The average molecular weight is 326 g/mol. The van der Waals surface area contributed by atoms with E-state index in [1.807, 2.05) is 0 Å². The summed E-state index contributed by atoms with van der Waals surface area (Å²) in [6.45, 7) is 0. The molecule has 1 aliphatic rings. The van der Waals surface area contributed by atoms with E-state index in [0.717, 1.165) is 0 Å². The zero-order chi connectivity index (χ0) is 15.3. The molecule has 112 valence electrons. The highest BCUT2D eigenvalue weighted by molar-refractivity contribution is 8.25. The molecule has 2 aromatic rings. The van der Waals surface area contributed by atoms with Crippen LogP contribution in [0.4, 0.5) is 0 Å². The molecule has 0 spiro atoms. The van der Waals surface area contributed by atoms with Crippen molar-refractivity contribution in [2.75, 3.05) is 5.75 Å². The van der Waals surface area contributed by atoms with E-state index in [4.69, 9.17) is 0 Å². The molecule has 0 saturated carbocycles. The zero-order valence-corrected chi connectivity index (χ0v) is 12.5. The van der Waals surface area contributed by atoms with Crippen LogP contribution in [0.1, 0.15) is 10.8 Å². The van der Waals surface area contributed by atoms with E-state index in [-0.39, 0.29) is 26.9 Å². The molecule has 0 aliphatic carbocycles. The first-order chi connectivity index (χ1) is 9.82. The summed E-state index contributed by atoms with van der Waals surface area (Å²) < 4.78 is 45.6. The van der Waals surface area contributed by atoms with E-state index in [1.165, 1.54) is 30.3 Å². The van der Waals surface area contributed by atoms with Crippen LogP contribution in [0.3, 0.4) is 0 Å². The molecule has 5 nitrogen and oxygen atoms in total. The number of hydrogen-bond acceptors (Lipinski definition) is 5. The second-order valence-electron chi connectivity index (χ2n) is 4.90. The molecule has 7 heteroatoms. The molecule has 1 heterocycles. The van der Waals surface area contributed by atoms with Gasteiger partial charge in [-0.3, -0.25) is 9.11 Å². The van der Waals surface area contributed by atoms with Gasteiger partial charge in [0.2, 0.25) is 0 Å². The Morgan fingerprint density at radius 1 is 1.05 bits per heavy atom. The van der Waals surface area contributed by atoms with Crippen LogP contribution in [-0.2, 0) is 9.84 Å². The maximum atomic E-state index is 12.7. The molecule has 0 bridgehead atoms. The van der Waals surface area contributed by atoms with Crippen molar-refractivity contribution in [2.24, 2.45) is 0 Å². The largest absolute Gasteiger partial charge is 0.508 e. The molecule has 2 aromatic carbocycles. The third-order valence-electron chi connectivity index (χ3n) is 3.52. The van der Waals surface area contributed by atoms with Crippen molar-refractivity contribution >= 4 is 20.4 Å². The predicted molar refractivity (Wildman–Crippen MR) is 80.5 cm³/mol. The van der Waals surface area contributed by atoms with E-state index in [1.54, 1.807) is 18.2 Å². The quantitative estimate of drug-likeness (QED) is 0.788. The van der Waals surface area contributed by atoms with Crippen molar-refractivity contribution in [2.45, 2.75) is 15.0 Å². The lowest BCUT2D eigenvalue weighted by molar-refractivity contribution is 0.473. The summed E-state index contributed by atoms with van der Waals surface area (Å²) in [6, 6.07) is 11.9. The maximum absolute atomic E-state index is 12.7. The summed E-state index contributed by atoms with van der Waals surface area (Å²) in [6.07, 6.45) is 0. The highest BCUT2D eigenvalue weighted by Crippen LogP contribution is 2.61.